The Morgan fingerprint density at radius 3 is 2.43 bits per heavy atom. The summed E-state index contributed by atoms with van der Waals surface area (Å²) >= 11 is 1.31. The highest BCUT2D eigenvalue weighted by molar-refractivity contribution is 7.99. The van der Waals surface area contributed by atoms with Gasteiger partial charge in [0.05, 0.1) is 18.9 Å². The molecular weight excluding hydrogens is 396 g/mol. The number of ether oxygens (including phenoxy) is 1. The topological polar surface area (TPSA) is 79.9 Å². The van der Waals surface area contributed by atoms with Crippen molar-refractivity contribution in [2.75, 3.05) is 12.9 Å². The zero-order valence-electron chi connectivity index (χ0n) is 17.8. The summed E-state index contributed by atoms with van der Waals surface area (Å²) in [5.74, 6) is 2.29. The van der Waals surface area contributed by atoms with Crippen LogP contribution >= 0.6 is 11.8 Å². The van der Waals surface area contributed by atoms with E-state index in [-0.39, 0.29) is 17.7 Å². The molecule has 0 saturated heterocycles. The van der Waals surface area contributed by atoms with Crippen LogP contribution in [0.2, 0.25) is 0 Å². The van der Waals surface area contributed by atoms with Gasteiger partial charge >= 0.3 is 0 Å². The summed E-state index contributed by atoms with van der Waals surface area (Å²) in [4.78, 5) is 16.8. The first kappa shape index (κ1) is 21.9. The van der Waals surface area contributed by atoms with Crippen molar-refractivity contribution in [1.29, 1.82) is 0 Å². The molecule has 2 aromatic carbocycles. The maximum atomic E-state index is 12.3. The van der Waals surface area contributed by atoms with Crippen LogP contribution in [0.15, 0.2) is 53.7 Å². The van der Waals surface area contributed by atoms with E-state index in [2.05, 4.69) is 58.6 Å². The molecule has 2 N–H and O–H groups in total. The van der Waals surface area contributed by atoms with Gasteiger partial charge in [0, 0.05) is 5.56 Å². The summed E-state index contributed by atoms with van der Waals surface area (Å²) < 4.78 is 5.16. The maximum absolute atomic E-state index is 12.3. The zero-order valence-corrected chi connectivity index (χ0v) is 18.6. The van der Waals surface area contributed by atoms with E-state index in [0.29, 0.717) is 16.9 Å². The Hall–Kier alpha value is -2.80. The van der Waals surface area contributed by atoms with Crippen LogP contribution in [0.3, 0.4) is 0 Å². The second kappa shape index (κ2) is 10.3. The van der Waals surface area contributed by atoms with Gasteiger partial charge in [0.1, 0.15) is 5.75 Å². The SMILES string of the molecule is COc1ccc(-c2nc(SCC(=O)N[C@@H](C)c3ccc(CC(C)C)cc3)n[nH]2)cc1. The van der Waals surface area contributed by atoms with Gasteiger partial charge in [-0.1, -0.05) is 49.9 Å². The van der Waals surface area contributed by atoms with E-state index in [1.165, 1.54) is 17.3 Å². The van der Waals surface area contributed by atoms with Crippen LogP contribution in [-0.4, -0.2) is 34.0 Å². The van der Waals surface area contributed by atoms with Gasteiger partial charge in [-0.25, -0.2) is 4.98 Å². The number of H-pyrrole nitrogens is 1. The molecule has 1 heterocycles. The largest absolute Gasteiger partial charge is 0.497 e. The number of carbonyl (C=O) groups excluding carboxylic acids is 1. The van der Waals surface area contributed by atoms with Gasteiger partial charge in [0.25, 0.3) is 0 Å². The minimum atomic E-state index is -0.0480. The lowest BCUT2D eigenvalue weighted by Gasteiger charge is -2.15. The predicted molar refractivity (Wildman–Crippen MR) is 121 cm³/mol. The van der Waals surface area contributed by atoms with Crippen LogP contribution in [0.4, 0.5) is 0 Å². The predicted octanol–water partition coefficient (Wildman–Crippen LogP) is 4.65. The summed E-state index contributed by atoms with van der Waals surface area (Å²) in [5.41, 5.74) is 3.33. The number of aromatic nitrogens is 3. The molecule has 0 bridgehead atoms. The first-order valence-corrected chi connectivity index (χ1v) is 11.0. The van der Waals surface area contributed by atoms with Gasteiger partial charge in [0.2, 0.25) is 11.1 Å². The lowest BCUT2D eigenvalue weighted by Crippen LogP contribution is -2.28. The summed E-state index contributed by atoms with van der Waals surface area (Å²) in [7, 11) is 1.63. The van der Waals surface area contributed by atoms with E-state index in [0.717, 1.165) is 23.3 Å². The van der Waals surface area contributed by atoms with Gasteiger partial charge in [0.15, 0.2) is 5.82 Å². The molecular formula is C23H28N4O2S. The number of hydrogen-bond acceptors (Lipinski definition) is 5. The van der Waals surface area contributed by atoms with Gasteiger partial charge in [-0.15, -0.1) is 5.10 Å². The molecule has 1 atom stereocenters. The summed E-state index contributed by atoms with van der Waals surface area (Å²) in [5, 5.41) is 10.7. The second-order valence-corrected chi connectivity index (χ2v) is 8.56. The summed E-state index contributed by atoms with van der Waals surface area (Å²) in [6.45, 7) is 6.42. The number of benzene rings is 2. The van der Waals surface area contributed by atoms with Gasteiger partial charge in [-0.3, -0.25) is 9.89 Å². The van der Waals surface area contributed by atoms with Crippen LogP contribution in [-0.2, 0) is 11.2 Å². The first-order valence-electron chi connectivity index (χ1n) is 10.0. The Balaban J connectivity index is 1.50. The van der Waals surface area contributed by atoms with Crippen molar-refractivity contribution >= 4 is 17.7 Å². The Morgan fingerprint density at radius 2 is 1.80 bits per heavy atom. The number of carbonyl (C=O) groups is 1. The van der Waals surface area contributed by atoms with Crippen molar-refractivity contribution in [3.8, 4) is 17.1 Å². The fraction of sp³-hybridized carbons (Fsp3) is 0.348. The molecule has 0 saturated carbocycles. The quantitative estimate of drug-likeness (QED) is 0.489. The maximum Gasteiger partial charge on any atom is 0.230 e. The summed E-state index contributed by atoms with van der Waals surface area (Å²) in [6, 6.07) is 16.0. The van der Waals surface area contributed by atoms with Crippen molar-refractivity contribution in [3.63, 3.8) is 0 Å². The molecule has 3 aromatic rings. The Labute approximate surface area is 181 Å². The molecule has 7 heteroatoms. The van der Waals surface area contributed by atoms with Crippen molar-refractivity contribution in [1.82, 2.24) is 20.5 Å². The fourth-order valence-electron chi connectivity index (χ4n) is 3.10. The number of hydrogen-bond donors (Lipinski definition) is 2. The van der Waals surface area contributed by atoms with Crippen LogP contribution in [0.5, 0.6) is 5.75 Å². The molecule has 0 unspecified atom stereocenters. The molecule has 0 fully saturated rings. The monoisotopic (exact) mass is 424 g/mol. The van der Waals surface area contributed by atoms with E-state index in [9.17, 15) is 4.79 Å². The van der Waals surface area contributed by atoms with E-state index >= 15 is 0 Å². The van der Waals surface area contributed by atoms with E-state index < -0.39 is 0 Å². The average molecular weight is 425 g/mol. The number of thioether (sulfide) groups is 1. The third kappa shape index (κ3) is 6.10. The number of methoxy groups -OCH3 is 1. The molecule has 6 nitrogen and oxygen atoms in total. The normalized spacial score (nSPS) is 12.0. The highest BCUT2D eigenvalue weighted by Gasteiger charge is 2.12. The van der Waals surface area contributed by atoms with Crippen molar-refractivity contribution in [2.24, 2.45) is 5.92 Å². The molecule has 1 amide bonds. The minimum Gasteiger partial charge on any atom is -0.497 e. The molecule has 3 rings (SSSR count). The fourth-order valence-corrected chi connectivity index (χ4v) is 3.71. The summed E-state index contributed by atoms with van der Waals surface area (Å²) in [6.07, 6.45) is 1.06. The Kier molecular flexibility index (Phi) is 7.52. The van der Waals surface area contributed by atoms with Crippen LogP contribution in [0.1, 0.15) is 37.9 Å². The smallest absolute Gasteiger partial charge is 0.230 e. The number of aromatic amines is 1. The molecule has 30 heavy (non-hydrogen) atoms. The third-order valence-electron chi connectivity index (χ3n) is 4.66. The second-order valence-electron chi connectivity index (χ2n) is 7.61. The highest BCUT2D eigenvalue weighted by atomic mass is 32.2. The standard InChI is InChI=1S/C23H28N4O2S/c1-15(2)13-17-5-7-18(8-6-17)16(3)24-21(28)14-30-23-25-22(26-27-23)19-9-11-20(29-4)12-10-19/h5-12,15-16H,13-14H2,1-4H3,(H,24,28)(H,25,26,27)/t16-/m0/s1. The number of nitrogens with zero attached hydrogens (tertiary/aromatic N) is 2. The van der Waals surface area contributed by atoms with Crippen LogP contribution in [0, 0.1) is 5.92 Å². The molecule has 158 valence electrons. The van der Waals surface area contributed by atoms with Crippen LogP contribution < -0.4 is 10.1 Å². The van der Waals surface area contributed by atoms with Gasteiger partial charge in [-0.05, 0) is 54.7 Å². The Morgan fingerprint density at radius 1 is 1.10 bits per heavy atom. The number of amides is 1. The Bertz CT molecular complexity index is 952. The van der Waals surface area contributed by atoms with Crippen molar-refractivity contribution < 1.29 is 9.53 Å². The highest BCUT2D eigenvalue weighted by Crippen LogP contribution is 2.22. The first-order chi connectivity index (χ1) is 14.4. The number of rotatable bonds is 9. The van der Waals surface area contributed by atoms with Crippen LogP contribution in [0.25, 0.3) is 11.4 Å². The minimum absolute atomic E-state index is 0.0467. The molecule has 1 aromatic heterocycles. The molecule has 0 radical (unpaired) electrons. The molecule has 0 aliphatic carbocycles. The number of nitrogens with one attached hydrogen (secondary N) is 2. The average Bonchev–Trinajstić information content (AvgIpc) is 3.21. The molecule has 0 aliphatic heterocycles. The van der Waals surface area contributed by atoms with Gasteiger partial charge < -0.3 is 10.1 Å². The van der Waals surface area contributed by atoms with E-state index in [4.69, 9.17) is 4.74 Å². The molecule has 0 aliphatic rings. The lowest BCUT2D eigenvalue weighted by molar-refractivity contribution is -0.119. The van der Waals surface area contributed by atoms with Gasteiger partial charge in [-0.2, -0.15) is 0 Å². The van der Waals surface area contributed by atoms with E-state index in [1.807, 2.05) is 31.2 Å². The van der Waals surface area contributed by atoms with E-state index in [1.54, 1.807) is 7.11 Å². The lowest BCUT2D eigenvalue weighted by atomic mass is 10.00. The van der Waals surface area contributed by atoms with Crippen molar-refractivity contribution in [2.45, 2.75) is 38.4 Å². The third-order valence-corrected chi connectivity index (χ3v) is 5.51. The van der Waals surface area contributed by atoms with Crippen molar-refractivity contribution in [3.05, 3.63) is 59.7 Å². The molecule has 0 spiro atoms. The zero-order chi connectivity index (χ0) is 21.5.